The Bertz CT molecular complexity index is 492. The van der Waals surface area contributed by atoms with Crippen LogP contribution in [-0.4, -0.2) is 17.4 Å². The molecule has 1 aromatic rings. The van der Waals surface area contributed by atoms with E-state index in [1.807, 2.05) is 6.92 Å². The zero-order chi connectivity index (χ0) is 15.0. The van der Waals surface area contributed by atoms with E-state index in [1.54, 1.807) is 6.07 Å². The van der Waals surface area contributed by atoms with Gasteiger partial charge in [-0.1, -0.05) is 40.0 Å². The molecule has 0 atom stereocenters. The van der Waals surface area contributed by atoms with Crippen molar-refractivity contribution in [2.45, 2.75) is 59.3 Å². The fourth-order valence-electron chi connectivity index (χ4n) is 2.24. The number of nitrogens with one attached hydrogen (secondary N) is 2. The van der Waals surface area contributed by atoms with E-state index in [1.165, 1.54) is 0 Å². The lowest BCUT2D eigenvalue weighted by Crippen LogP contribution is -2.31. The van der Waals surface area contributed by atoms with Crippen molar-refractivity contribution in [2.75, 3.05) is 6.54 Å². The number of aromatic amines is 1. The van der Waals surface area contributed by atoms with Crippen LogP contribution in [0, 0.1) is 0 Å². The van der Waals surface area contributed by atoms with E-state index in [4.69, 9.17) is 0 Å². The van der Waals surface area contributed by atoms with Gasteiger partial charge in [0.25, 0.3) is 11.5 Å². The van der Waals surface area contributed by atoms with Gasteiger partial charge in [0.2, 0.25) is 0 Å². The maximum absolute atomic E-state index is 12.0. The third-order valence-electron chi connectivity index (χ3n) is 3.41. The molecule has 4 nitrogen and oxygen atoms in total. The average Bonchev–Trinajstić information content (AvgIpc) is 2.44. The van der Waals surface area contributed by atoms with Gasteiger partial charge in [0.05, 0.1) is 0 Å². The predicted octanol–water partition coefficient (Wildman–Crippen LogP) is 2.81. The first-order valence-corrected chi connectivity index (χ1v) is 7.67. The van der Waals surface area contributed by atoms with Crippen LogP contribution in [0.1, 0.15) is 68.1 Å². The topological polar surface area (TPSA) is 62.0 Å². The summed E-state index contributed by atoms with van der Waals surface area (Å²) >= 11 is 0. The summed E-state index contributed by atoms with van der Waals surface area (Å²) in [5.74, 6) is -0.264. The SMILES string of the molecule is CCCCCNC(=O)c1cc(CC)c(CCC)[nH]c1=O. The van der Waals surface area contributed by atoms with Gasteiger partial charge in [-0.3, -0.25) is 9.59 Å². The molecule has 0 saturated carbocycles. The standard InChI is InChI=1S/C16H26N2O2/c1-4-7-8-10-17-15(19)13-11-12(6-3)14(9-5-2)18-16(13)20/h11H,4-10H2,1-3H3,(H,17,19)(H,18,20). The first-order chi connectivity index (χ1) is 9.63. The normalized spacial score (nSPS) is 10.6. The van der Waals surface area contributed by atoms with Crippen LogP contribution in [0.5, 0.6) is 0 Å². The van der Waals surface area contributed by atoms with Gasteiger partial charge in [0.1, 0.15) is 5.56 Å². The van der Waals surface area contributed by atoms with Crippen molar-refractivity contribution in [1.82, 2.24) is 10.3 Å². The summed E-state index contributed by atoms with van der Waals surface area (Å²) in [6.07, 6.45) is 5.80. The molecular formula is C16H26N2O2. The Balaban J connectivity index is 2.84. The van der Waals surface area contributed by atoms with E-state index in [2.05, 4.69) is 24.1 Å². The number of aromatic nitrogens is 1. The molecular weight excluding hydrogens is 252 g/mol. The number of H-pyrrole nitrogens is 1. The Labute approximate surface area is 121 Å². The highest BCUT2D eigenvalue weighted by molar-refractivity contribution is 5.94. The zero-order valence-corrected chi connectivity index (χ0v) is 12.8. The Morgan fingerprint density at radius 1 is 1.20 bits per heavy atom. The number of aryl methyl sites for hydroxylation is 2. The highest BCUT2D eigenvalue weighted by Crippen LogP contribution is 2.09. The smallest absolute Gasteiger partial charge is 0.261 e. The van der Waals surface area contributed by atoms with Gasteiger partial charge in [-0.05, 0) is 30.9 Å². The number of unbranched alkanes of at least 4 members (excludes halogenated alkanes) is 2. The summed E-state index contributed by atoms with van der Waals surface area (Å²) in [4.78, 5) is 26.9. The third kappa shape index (κ3) is 4.51. The minimum atomic E-state index is -0.279. The Hall–Kier alpha value is -1.58. The van der Waals surface area contributed by atoms with E-state index >= 15 is 0 Å². The van der Waals surface area contributed by atoms with E-state index in [0.29, 0.717) is 6.54 Å². The Kier molecular flexibility index (Phi) is 7.05. The molecule has 0 radical (unpaired) electrons. The van der Waals surface area contributed by atoms with Crippen molar-refractivity contribution >= 4 is 5.91 Å². The molecule has 0 spiro atoms. The quantitative estimate of drug-likeness (QED) is 0.718. The molecule has 2 N–H and O–H groups in total. The number of pyridine rings is 1. The molecule has 0 saturated heterocycles. The largest absolute Gasteiger partial charge is 0.352 e. The van der Waals surface area contributed by atoms with Gasteiger partial charge in [-0.15, -0.1) is 0 Å². The van der Waals surface area contributed by atoms with Crippen LogP contribution in [0.15, 0.2) is 10.9 Å². The molecule has 1 amide bonds. The first kappa shape index (κ1) is 16.5. The highest BCUT2D eigenvalue weighted by atomic mass is 16.2. The molecule has 1 heterocycles. The number of amides is 1. The minimum Gasteiger partial charge on any atom is -0.352 e. The van der Waals surface area contributed by atoms with Crippen LogP contribution in [0.3, 0.4) is 0 Å². The average molecular weight is 278 g/mol. The van der Waals surface area contributed by atoms with Gasteiger partial charge in [-0.25, -0.2) is 0 Å². The maximum Gasteiger partial charge on any atom is 0.261 e. The first-order valence-electron chi connectivity index (χ1n) is 7.67. The number of carbonyl (C=O) groups is 1. The van der Waals surface area contributed by atoms with E-state index in [0.717, 1.165) is 49.8 Å². The minimum absolute atomic E-state index is 0.234. The van der Waals surface area contributed by atoms with Crippen LogP contribution in [0.25, 0.3) is 0 Å². The number of hydrogen-bond acceptors (Lipinski definition) is 2. The van der Waals surface area contributed by atoms with E-state index < -0.39 is 0 Å². The van der Waals surface area contributed by atoms with Crippen LogP contribution < -0.4 is 10.9 Å². The monoisotopic (exact) mass is 278 g/mol. The van der Waals surface area contributed by atoms with E-state index in [9.17, 15) is 9.59 Å². The van der Waals surface area contributed by atoms with Crippen LogP contribution >= 0.6 is 0 Å². The summed E-state index contributed by atoms with van der Waals surface area (Å²) < 4.78 is 0. The lowest BCUT2D eigenvalue weighted by atomic mass is 10.0. The highest BCUT2D eigenvalue weighted by Gasteiger charge is 2.13. The molecule has 1 rings (SSSR count). The van der Waals surface area contributed by atoms with Crippen molar-refractivity contribution in [2.24, 2.45) is 0 Å². The maximum atomic E-state index is 12.0. The van der Waals surface area contributed by atoms with Crippen molar-refractivity contribution in [3.05, 3.63) is 33.2 Å². The second-order valence-electron chi connectivity index (χ2n) is 5.08. The lowest BCUT2D eigenvalue weighted by Gasteiger charge is -2.10. The van der Waals surface area contributed by atoms with Gasteiger partial charge < -0.3 is 10.3 Å². The Morgan fingerprint density at radius 2 is 1.95 bits per heavy atom. The molecule has 112 valence electrons. The molecule has 0 fully saturated rings. The zero-order valence-electron chi connectivity index (χ0n) is 12.8. The molecule has 0 unspecified atom stereocenters. The van der Waals surface area contributed by atoms with Gasteiger partial charge in [0.15, 0.2) is 0 Å². The van der Waals surface area contributed by atoms with Crippen LogP contribution in [0.2, 0.25) is 0 Å². The van der Waals surface area contributed by atoms with Gasteiger partial charge in [-0.2, -0.15) is 0 Å². The fraction of sp³-hybridized carbons (Fsp3) is 0.625. The van der Waals surface area contributed by atoms with Crippen molar-refractivity contribution in [1.29, 1.82) is 0 Å². The molecule has 20 heavy (non-hydrogen) atoms. The molecule has 0 aromatic carbocycles. The van der Waals surface area contributed by atoms with E-state index in [-0.39, 0.29) is 17.0 Å². The Morgan fingerprint density at radius 3 is 2.55 bits per heavy atom. The molecule has 0 aliphatic rings. The predicted molar refractivity (Wildman–Crippen MR) is 82.3 cm³/mol. The summed E-state index contributed by atoms with van der Waals surface area (Å²) in [6, 6.07) is 1.75. The number of carbonyl (C=O) groups excluding carboxylic acids is 1. The lowest BCUT2D eigenvalue weighted by molar-refractivity contribution is 0.0951. The fourth-order valence-corrected chi connectivity index (χ4v) is 2.24. The molecule has 0 bridgehead atoms. The van der Waals surface area contributed by atoms with Crippen molar-refractivity contribution < 1.29 is 4.79 Å². The van der Waals surface area contributed by atoms with Gasteiger partial charge >= 0.3 is 0 Å². The number of hydrogen-bond donors (Lipinski definition) is 2. The summed E-state index contributed by atoms with van der Waals surface area (Å²) in [7, 11) is 0. The number of rotatable bonds is 8. The van der Waals surface area contributed by atoms with Crippen LogP contribution in [0.4, 0.5) is 0 Å². The van der Waals surface area contributed by atoms with Crippen molar-refractivity contribution in [3.63, 3.8) is 0 Å². The second-order valence-corrected chi connectivity index (χ2v) is 5.08. The molecule has 0 aliphatic carbocycles. The molecule has 4 heteroatoms. The molecule has 1 aromatic heterocycles. The molecule has 0 aliphatic heterocycles. The van der Waals surface area contributed by atoms with Crippen LogP contribution in [-0.2, 0) is 12.8 Å². The summed E-state index contributed by atoms with van der Waals surface area (Å²) in [5.41, 5.74) is 1.98. The van der Waals surface area contributed by atoms with Crippen molar-refractivity contribution in [3.8, 4) is 0 Å². The summed E-state index contributed by atoms with van der Waals surface area (Å²) in [6.45, 7) is 6.86. The second kappa shape index (κ2) is 8.56. The third-order valence-corrected chi connectivity index (χ3v) is 3.41. The van der Waals surface area contributed by atoms with Gasteiger partial charge in [0, 0.05) is 12.2 Å². The summed E-state index contributed by atoms with van der Waals surface area (Å²) in [5, 5.41) is 2.82.